The minimum Gasteiger partial charge on any atom is -0.467 e. The zero-order valence-corrected chi connectivity index (χ0v) is 24.4. The number of ketones is 1. The summed E-state index contributed by atoms with van der Waals surface area (Å²) in [7, 11) is 1.08. The Morgan fingerprint density at radius 3 is 2.43 bits per heavy atom. The number of fused-ring (bicyclic) bond motifs is 2. The Labute approximate surface area is 242 Å². The van der Waals surface area contributed by atoms with Crippen molar-refractivity contribution < 1.29 is 57.9 Å². The Kier molecular flexibility index (Phi) is 7.20. The summed E-state index contributed by atoms with van der Waals surface area (Å²) in [5.41, 5.74) is 1.94. The highest BCUT2D eigenvalue weighted by Gasteiger charge is 2.85. The van der Waals surface area contributed by atoms with Gasteiger partial charge < -0.3 is 39.6 Å². The molecule has 2 aliphatic heterocycles. The molecule has 1 unspecified atom stereocenters. The number of carbonyl (C=O) groups excluding carboxylic acids is 5. The highest BCUT2D eigenvalue weighted by molar-refractivity contribution is 5.98. The molecule has 2 bridgehead atoms. The van der Waals surface area contributed by atoms with Gasteiger partial charge in [-0.1, -0.05) is 12.5 Å². The van der Waals surface area contributed by atoms with Gasteiger partial charge in [-0.2, -0.15) is 0 Å². The van der Waals surface area contributed by atoms with E-state index in [2.05, 4.69) is 0 Å². The number of Topliss-reactive ketones (excluding diaryl/α,β-unsaturated/α-hetero) is 1. The van der Waals surface area contributed by atoms with E-state index < -0.39 is 94.3 Å². The number of methoxy groups -OCH3 is 1. The Morgan fingerprint density at radius 2 is 1.83 bits per heavy atom. The summed E-state index contributed by atoms with van der Waals surface area (Å²) in [6, 6.07) is -0.982. The third-order valence-corrected chi connectivity index (χ3v) is 10.0. The van der Waals surface area contributed by atoms with Crippen molar-refractivity contribution in [2.75, 3.05) is 13.7 Å². The molecule has 2 saturated heterocycles. The van der Waals surface area contributed by atoms with Crippen LogP contribution in [0.1, 0.15) is 47.5 Å². The molecule has 230 valence electrons. The summed E-state index contributed by atoms with van der Waals surface area (Å²) in [4.78, 5) is 65.6. The first-order chi connectivity index (χ1) is 19.6. The van der Waals surface area contributed by atoms with Gasteiger partial charge in [0.2, 0.25) is 11.7 Å². The molecule has 4 fully saturated rings. The number of aliphatic hydroxyl groups excluding tert-OH is 2. The van der Waals surface area contributed by atoms with Crippen molar-refractivity contribution in [3.8, 4) is 0 Å². The molecule has 3 aliphatic carbocycles. The van der Waals surface area contributed by atoms with E-state index in [0.29, 0.717) is 11.1 Å². The maximum absolute atomic E-state index is 13.6. The van der Waals surface area contributed by atoms with Crippen LogP contribution in [0, 0.1) is 28.6 Å². The van der Waals surface area contributed by atoms with Gasteiger partial charge in [-0.25, -0.2) is 19.2 Å². The largest absolute Gasteiger partial charge is 0.467 e. The van der Waals surface area contributed by atoms with Crippen molar-refractivity contribution >= 4 is 29.7 Å². The fourth-order valence-corrected chi connectivity index (χ4v) is 8.57. The molecule has 0 aromatic heterocycles. The van der Waals surface area contributed by atoms with Crippen molar-refractivity contribution in [2.45, 2.75) is 83.5 Å². The molecule has 42 heavy (non-hydrogen) atoms. The van der Waals surface area contributed by atoms with Crippen LogP contribution < -0.4 is 5.73 Å². The van der Waals surface area contributed by atoms with Crippen molar-refractivity contribution in [1.82, 2.24) is 0 Å². The number of allylic oxidation sites excluding steroid dienone is 3. The average molecular weight is 592 g/mol. The zero-order valence-electron chi connectivity index (χ0n) is 24.4. The van der Waals surface area contributed by atoms with Gasteiger partial charge in [0, 0.05) is 23.8 Å². The second-order valence-corrected chi connectivity index (χ2v) is 12.7. The lowest BCUT2D eigenvalue weighted by Gasteiger charge is -2.67. The third kappa shape index (κ3) is 3.86. The summed E-state index contributed by atoms with van der Waals surface area (Å²) in [5.74, 6) is -7.16. The van der Waals surface area contributed by atoms with Crippen molar-refractivity contribution in [1.29, 1.82) is 0 Å². The van der Waals surface area contributed by atoms with Crippen molar-refractivity contribution in [3.05, 3.63) is 23.0 Å². The van der Waals surface area contributed by atoms with Crippen LogP contribution in [0.2, 0.25) is 0 Å². The van der Waals surface area contributed by atoms with Crippen molar-refractivity contribution in [2.24, 2.45) is 34.3 Å². The molecule has 5 rings (SSSR count). The van der Waals surface area contributed by atoms with Crippen LogP contribution in [0.25, 0.3) is 0 Å². The molecule has 2 heterocycles. The number of rotatable bonds is 5. The fraction of sp³-hybridized carbons (Fsp3) is 0.690. The van der Waals surface area contributed by atoms with E-state index >= 15 is 0 Å². The molecular weight excluding hydrogens is 554 g/mol. The Morgan fingerprint density at radius 1 is 1.17 bits per heavy atom. The predicted octanol–water partition coefficient (Wildman–Crippen LogP) is -0.151. The maximum atomic E-state index is 13.6. The summed E-state index contributed by atoms with van der Waals surface area (Å²) < 4.78 is 28.1. The van der Waals surface area contributed by atoms with Crippen molar-refractivity contribution in [3.63, 3.8) is 0 Å². The molecule has 2 saturated carbocycles. The first-order valence-electron chi connectivity index (χ1n) is 13.9. The van der Waals surface area contributed by atoms with E-state index in [9.17, 15) is 34.2 Å². The van der Waals surface area contributed by atoms with E-state index in [1.54, 1.807) is 27.7 Å². The van der Waals surface area contributed by atoms with Gasteiger partial charge in [-0.15, -0.1) is 0 Å². The van der Waals surface area contributed by atoms with Gasteiger partial charge in [-0.05, 0) is 51.0 Å². The van der Waals surface area contributed by atoms with Crippen LogP contribution >= 0.6 is 0 Å². The topological polar surface area (TPSA) is 198 Å². The smallest absolute Gasteiger partial charge is 0.348 e. The molecule has 0 amide bonds. The first-order valence-corrected chi connectivity index (χ1v) is 13.9. The SMILES string of the molecule is COC(=O)[C@@]12OC[C@]34C([C@@H](O)[C@@H]1O)[C@@]1(C)CC(=O)C(OC(=O)[C@H](C)N)=C(C)[C@@H]1C[C@H]3OC(=O)[C@H](OC(=O)C=C(C)C)[C@@H]24. The van der Waals surface area contributed by atoms with Crippen LogP contribution in [-0.2, 0) is 47.7 Å². The molecule has 5 aliphatic rings. The van der Waals surface area contributed by atoms with E-state index in [0.717, 1.165) is 7.11 Å². The summed E-state index contributed by atoms with van der Waals surface area (Å²) in [5, 5.41) is 23.5. The number of esters is 4. The van der Waals surface area contributed by atoms with Gasteiger partial charge in [0.05, 0.1) is 25.7 Å². The number of ether oxygens (including phenoxy) is 5. The first kappa shape index (κ1) is 30.3. The number of aliphatic hydroxyl groups is 2. The quantitative estimate of drug-likeness (QED) is 0.217. The predicted molar refractivity (Wildman–Crippen MR) is 140 cm³/mol. The molecule has 0 aromatic carbocycles. The number of nitrogens with two attached hydrogens (primary N) is 1. The molecule has 13 heteroatoms. The van der Waals surface area contributed by atoms with E-state index in [-0.39, 0.29) is 25.2 Å². The summed E-state index contributed by atoms with van der Waals surface area (Å²) >= 11 is 0. The monoisotopic (exact) mass is 591 g/mol. The molecule has 11 atom stereocenters. The lowest BCUT2D eigenvalue weighted by molar-refractivity contribution is -0.290. The van der Waals surface area contributed by atoms with Crippen LogP contribution in [0.5, 0.6) is 0 Å². The number of hydrogen-bond acceptors (Lipinski definition) is 13. The van der Waals surface area contributed by atoms with Crippen LogP contribution in [0.3, 0.4) is 0 Å². The molecule has 0 aromatic rings. The molecule has 13 nitrogen and oxygen atoms in total. The zero-order chi connectivity index (χ0) is 31.1. The van der Waals surface area contributed by atoms with Crippen LogP contribution in [0.4, 0.5) is 0 Å². The Bertz CT molecular complexity index is 1320. The van der Waals surface area contributed by atoms with Gasteiger partial charge >= 0.3 is 23.9 Å². The highest BCUT2D eigenvalue weighted by atomic mass is 16.6. The summed E-state index contributed by atoms with van der Waals surface area (Å²) in [6.07, 6.45) is -5.14. The second-order valence-electron chi connectivity index (χ2n) is 12.7. The lowest BCUT2D eigenvalue weighted by atomic mass is 9.38. The minimum absolute atomic E-state index is 0.117. The van der Waals surface area contributed by atoms with Crippen LogP contribution in [0.15, 0.2) is 23.0 Å². The average Bonchev–Trinajstić information content (AvgIpc) is 3.21. The van der Waals surface area contributed by atoms with E-state index in [1.807, 2.05) is 0 Å². The maximum Gasteiger partial charge on any atom is 0.348 e. The van der Waals surface area contributed by atoms with Gasteiger partial charge in [0.15, 0.2) is 11.5 Å². The molecule has 0 radical (unpaired) electrons. The second kappa shape index (κ2) is 9.97. The normalized spacial score (nSPS) is 42.5. The molecule has 4 N–H and O–H groups in total. The van der Waals surface area contributed by atoms with Gasteiger partial charge in [0.25, 0.3) is 0 Å². The minimum atomic E-state index is -2.26. The fourth-order valence-electron chi connectivity index (χ4n) is 8.57. The lowest BCUT2D eigenvalue weighted by Crippen LogP contribution is -2.79. The van der Waals surface area contributed by atoms with E-state index in [1.165, 1.54) is 13.0 Å². The molecule has 1 spiro atoms. The van der Waals surface area contributed by atoms with E-state index in [4.69, 9.17) is 29.4 Å². The standard InChI is InChI=1S/C29H37NO12/c1-11(2)7-17(32)41-20-22-28-10-39-29(22,26(37)38-6)23(34)18(33)21(28)27(5)9-15(31)19(42-24(35)13(4)30)12(3)14(27)8-16(28)40-25(20)36/h7,13-14,16,18,20-23,33-34H,8-10,30H2,1-6H3/t13-,14-,16+,18+,20+,21?,22+,23-,27-,28+,29-/m0/s1. The number of hydrogen-bond donors (Lipinski definition) is 3. The van der Waals surface area contributed by atoms with Gasteiger partial charge in [0.1, 0.15) is 18.2 Å². The molecular formula is C29H37NO12. The third-order valence-electron chi connectivity index (χ3n) is 10.0. The highest BCUT2D eigenvalue weighted by Crippen LogP contribution is 2.72. The summed E-state index contributed by atoms with van der Waals surface area (Å²) in [6.45, 7) is 7.89. The Hall–Kier alpha value is -3.13. The number of carbonyl (C=O) groups is 5. The van der Waals surface area contributed by atoms with Crippen LogP contribution in [-0.4, -0.2) is 89.6 Å². The van der Waals surface area contributed by atoms with Gasteiger partial charge in [-0.3, -0.25) is 4.79 Å². The Balaban J connectivity index is 1.69.